The number of hydrogen-bond donors (Lipinski definition) is 1. The van der Waals surface area contributed by atoms with Gasteiger partial charge in [-0.3, -0.25) is 9.59 Å². The van der Waals surface area contributed by atoms with Crippen molar-refractivity contribution >= 4 is 11.9 Å². The second-order valence-electron chi connectivity index (χ2n) is 6.07. The standard InChI is InChI=1S/C15H14F3N3O4/c1-25-13(6-11(22)23)7-21(8-13)12(24)9-2-4-10(5-3-9)14(19-20-14)15(16,17)18/h2-5H,6-8H2,1H3,(H,22,23). The van der Waals surface area contributed by atoms with Crippen molar-refractivity contribution in [2.24, 2.45) is 10.2 Å². The molecule has 0 aromatic heterocycles. The van der Waals surface area contributed by atoms with Gasteiger partial charge in [0.25, 0.3) is 5.91 Å². The number of halogens is 3. The van der Waals surface area contributed by atoms with Gasteiger partial charge in [-0.05, 0) is 12.1 Å². The number of hydrogen-bond acceptors (Lipinski definition) is 5. The quantitative estimate of drug-likeness (QED) is 0.874. The summed E-state index contributed by atoms with van der Waals surface area (Å²) in [6.07, 6.45) is -4.85. The summed E-state index contributed by atoms with van der Waals surface area (Å²) in [6, 6.07) is 4.89. The van der Waals surface area contributed by atoms with Gasteiger partial charge >= 0.3 is 17.8 Å². The fourth-order valence-electron chi connectivity index (χ4n) is 2.85. The van der Waals surface area contributed by atoms with Crippen LogP contribution in [0, 0.1) is 0 Å². The average molecular weight is 357 g/mol. The Kier molecular flexibility index (Phi) is 3.82. The first-order valence-electron chi connectivity index (χ1n) is 7.30. The van der Waals surface area contributed by atoms with E-state index < -0.39 is 29.3 Å². The molecule has 0 unspecified atom stereocenters. The van der Waals surface area contributed by atoms with Crippen LogP contribution in [0.2, 0.25) is 0 Å². The molecule has 3 rings (SSSR count). The molecule has 1 aromatic carbocycles. The second kappa shape index (κ2) is 5.51. The number of methoxy groups -OCH3 is 1. The zero-order valence-corrected chi connectivity index (χ0v) is 13.1. The van der Waals surface area contributed by atoms with Gasteiger partial charge in [0.15, 0.2) is 0 Å². The number of amides is 1. The molecular weight excluding hydrogens is 343 g/mol. The van der Waals surface area contributed by atoms with Crippen LogP contribution in [0.1, 0.15) is 22.3 Å². The minimum Gasteiger partial charge on any atom is -0.481 e. The highest BCUT2D eigenvalue weighted by atomic mass is 19.4. The highest BCUT2D eigenvalue weighted by molar-refractivity contribution is 5.95. The SMILES string of the molecule is COC1(CC(=O)O)CN(C(=O)c2ccc(C3(C(F)(F)F)N=N3)cc2)C1. The van der Waals surface area contributed by atoms with Crippen molar-refractivity contribution in [3.05, 3.63) is 35.4 Å². The topological polar surface area (TPSA) is 91.6 Å². The maximum atomic E-state index is 12.9. The van der Waals surface area contributed by atoms with E-state index >= 15 is 0 Å². The van der Waals surface area contributed by atoms with E-state index in [1.807, 2.05) is 0 Å². The Hall–Kier alpha value is -2.49. The Labute approximate surface area is 140 Å². The first kappa shape index (κ1) is 17.3. The third kappa shape index (κ3) is 2.86. The first-order chi connectivity index (χ1) is 11.6. The normalized spacial score (nSPS) is 20.1. The highest BCUT2D eigenvalue weighted by Gasteiger charge is 2.65. The third-order valence-corrected chi connectivity index (χ3v) is 4.38. The number of ether oxygens (including phenoxy) is 1. The number of carboxylic acids is 1. The molecule has 7 nitrogen and oxygen atoms in total. The van der Waals surface area contributed by atoms with Gasteiger partial charge in [-0.2, -0.15) is 13.2 Å². The molecule has 0 aliphatic carbocycles. The van der Waals surface area contributed by atoms with E-state index in [1.54, 1.807) is 0 Å². The number of nitrogens with zero attached hydrogens (tertiary/aromatic N) is 3. The molecule has 0 saturated carbocycles. The molecule has 1 aromatic rings. The van der Waals surface area contributed by atoms with Crippen LogP contribution in [0.15, 0.2) is 34.5 Å². The zero-order valence-electron chi connectivity index (χ0n) is 13.1. The molecule has 0 radical (unpaired) electrons. The largest absolute Gasteiger partial charge is 0.481 e. The van der Waals surface area contributed by atoms with Crippen LogP contribution in [0.5, 0.6) is 0 Å². The van der Waals surface area contributed by atoms with Gasteiger partial charge in [0.2, 0.25) is 0 Å². The van der Waals surface area contributed by atoms with Crippen LogP contribution in [0.4, 0.5) is 13.2 Å². The Morgan fingerprint density at radius 2 is 1.80 bits per heavy atom. The van der Waals surface area contributed by atoms with Gasteiger partial charge in [-0.25, -0.2) is 0 Å². The molecule has 2 aliphatic heterocycles. The van der Waals surface area contributed by atoms with E-state index in [4.69, 9.17) is 9.84 Å². The van der Waals surface area contributed by atoms with Crippen molar-refractivity contribution in [1.29, 1.82) is 0 Å². The van der Waals surface area contributed by atoms with Gasteiger partial charge in [-0.15, -0.1) is 10.2 Å². The predicted molar refractivity (Wildman–Crippen MR) is 76.9 cm³/mol. The number of carboxylic acid groups (broad SMARTS) is 1. The Balaban J connectivity index is 1.68. The van der Waals surface area contributed by atoms with Crippen LogP contribution in [0.25, 0.3) is 0 Å². The number of aliphatic carboxylic acids is 1. The Morgan fingerprint density at radius 1 is 1.24 bits per heavy atom. The van der Waals surface area contributed by atoms with Crippen LogP contribution < -0.4 is 0 Å². The first-order valence-corrected chi connectivity index (χ1v) is 7.30. The number of benzene rings is 1. The molecule has 2 aliphatic rings. The average Bonchev–Trinajstić information content (AvgIpc) is 3.31. The van der Waals surface area contributed by atoms with E-state index in [0.717, 1.165) is 0 Å². The molecule has 0 atom stereocenters. The number of rotatable bonds is 5. The molecule has 1 fully saturated rings. The lowest BCUT2D eigenvalue weighted by atomic mass is 9.89. The van der Waals surface area contributed by atoms with Gasteiger partial charge < -0.3 is 14.7 Å². The Morgan fingerprint density at radius 3 is 2.20 bits per heavy atom. The summed E-state index contributed by atoms with van der Waals surface area (Å²) in [6.45, 7) is 0.209. The number of alkyl halides is 3. The zero-order chi connectivity index (χ0) is 18.5. The summed E-state index contributed by atoms with van der Waals surface area (Å²) in [7, 11) is 1.37. The Bertz CT molecular complexity index is 733. The lowest BCUT2D eigenvalue weighted by Crippen LogP contribution is -2.65. The molecule has 25 heavy (non-hydrogen) atoms. The molecule has 0 bridgehead atoms. The maximum Gasteiger partial charge on any atom is 0.442 e. The fraction of sp³-hybridized carbons (Fsp3) is 0.467. The van der Waals surface area contributed by atoms with E-state index in [0.29, 0.717) is 0 Å². The van der Waals surface area contributed by atoms with E-state index in [-0.39, 0.29) is 30.6 Å². The molecule has 1 amide bonds. The number of carbonyl (C=O) groups is 2. The van der Waals surface area contributed by atoms with Gasteiger partial charge in [0.1, 0.15) is 5.60 Å². The van der Waals surface area contributed by atoms with E-state index in [1.165, 1.54) is 36.3 Å². The molecule has 134 valence electrons. The second-order valence-corrected chi connectivity index (χ2v) is 6.07. The van der Waals surface area contributed by atoms with Gasteiger partial charge in [0, 0.05) is 18.2 Å². The summed E-state index contributed by atoms with van der Waals surface area (Å²) < 4.78 is 44.0. The molecule has 2 heterocycles. The third-order valence-electron chi connectivity index (χ3n) is 4.38. The summed E-state index contributed by atoms with van der Waals surface area (Å²) in [5.41, 5.74) is -3.40. The lowest BCUT2D eigenvalue weighted by Gasteiger charge is -2.48. The summed E-state index contributed by atoms with van der Waals surface area (Å²) >= 11 is 0. The molecule has 1 saturated heterocycles. The van der Waals surface area contributed by atoms with Crippen LogP contribution in [-0.2, 0) is 15.2 Å². The van der Waals surface area contributed by atoms with Crippen molar-refractivity contribution in [1.82, 2.24) is 4.90 Å². The van der Waals surface area contributed by atoms with Gasteiger partial charge in [-0.1, -0.05) is 12.1 Å². The monoisotopic (exact) mass is 357 g/mol. The molecule has 0 spiro atoms. The minimum atomic E-state index is -4.62. The molecule has 1 N–H and O–H groups in total. The number of carbonyl (C=O) groups excluding carboxylic acids is 1. The summed E-state index contributed by atoms with van der Waals surface area (Å²) in [5, 5.41) is 15.1. The van der Waals surface area contributed by atoms with Crippen molar-refractivity contribution in [3.63, 3.8) is 0 Å². The van der Waals surface area contributed by atoms with Crippen LogP contribution >= 0.6 is 0 Å². The van der Waals surface area contributed by atoms with Crippen LogP contribution in [-0.4, -0.2) is 53.9 Å². The van der Waals surface area contributed by atoms with Crippen molar-refractivity contribution in [3.8, 4) is 0 Å². The summed E-state index contributed by atoms with van der Waals surface area (Å²) in [5.74, 6) is -1.44. The van der Waals surface area contributed by atoms with Crippen molar-refractivity contribution < 1.29 is 32.6 Å². The highest BCUT2D eigenvalue weighted by Crippen LogP contribution is 2.52. The van der Waals surface area contributed by atoms with Gasteiger partial charge in [0.05, 0.1) is 19.5 Å². The van der Waals surface area contributed by atoms with E-state index in [9.17, 15) is 22.8 Å². The molecule has 10 heteroatoms. The van der Waals surface area contributed by atoms with E-state index in [2.05, 4.69) is 10.2 Å². The predicted octanol–water partition coefficient (Wildman–Crippen LogP) is 2.18. The fourth-order valence-corrected chi connectivity index (χ4v) is 2.85. The minimum absolute atomic E-state index is 0.105. The lowest BCUT2D eigenvalue weighted by molar-refractivity contribution is -0.166. The van der Waals surface area contributed by atoms with Crippen molar-refractivity contribution in [2.45, 2.75) is 23.9 Å². The molecular formula is C15H14F3N3O4. The number of likely N-dealkylation sites (tertiary alicyclic amines) is 1. The summed E-state index contributed by atoms with van der Waals surface area (Å²) in [4.78, 5) is 24.6. The smallest absolute Gasteiger partial charge is 0.442 e. The van der Waals surface area contributed by atoms with Crippen molar-refractivity contribution in [2.75, 3.05) is 20.2 Å². The maximum absolute atomic E-state index is 12.9. The van der Waals surface area contributed by atoms with Crippen LogP contribution in [0.3, 0.4) is 0 Å².